The maximum absolute atomic E-state index is 11.4. The third-order valence-corrected chi connectivity index (χ3v) is 3.69. The van der Waals surface area contributed by atoms with Gasteiger partial charge in [-0.1, -0.05) is 13.8 Å². The molecule has 0 aliphatic carbocycles. The van der Waals surface area contributed by atoms with Crippen LogP contribution in [0.4, 0.5) is 0 Å². The highest BCUT2D eigenvalue weighted by Crippen LogP contribution is 2.24. The van der Waals surface area contributed by atoms with Crippen LogP contribution >= 0.6 is 7.80 Å². The van der Waals surface area contributed by atoms with Gasteiger partial charge >= 0.3 is 0 Å². The third-order valence-electron chi connectivity index (χ3n) is 2.13. The van der Waals surface area contributed by atoms with Gasteiger partial charge in [-0.05, 0) is 0 Å². The van der Waals surface area contributed by atoms with Gasteiger partial charge in [-0.25, -0.2) is 0 Å². The molecule has 0 aromatic heterocycles. The summed E-state index contributed by atoms with van der Waals surface area (Å²) in [6.45, 7) is 5.21. The average molecular weight is 189 g/mol. The van der Waals surface area contributed by atoms with Gasteiger partial charge in [-0.3, -0.25) is 4.79 Å². The largest absolute Gasteiger partial charge is 0.342 e. The van der Waals surface area contributed by atoms with Crippen molar-refractivity contribution in [2.24, 2.45) is 5.92 Å². The van der Waals surface area contributed by atoms with Gasteiger partial charge in [0.1, 0.15) is 0 Å². The van der Waals surface area contributed by atoms with E-state index < -0.39 is 7.80 Å². The minimum absolute atomic E-state index is 0.0745. The lowest BCUT2D eigenvalue weighted by molar-refractivity contribution is -0.134. The van der Waals surface area contributed by atoms with Crippen LogP contribution in [0.15, 0.2) is 0 Å². The van der Waals surface area contributed by atoms with Gasteiger partial charge in [0.25, 0.3) is 0 Å². The molecule has 0 unspecified atom stereocenters. The molecule has 70 valence electrons. The molecule has 12 heavy (non-hydrogen) atoms. The Morgan fingerprint density at radius 3 is 2.25 bits per heavy atom. The number of rotatable bonds is 1. The molecule has 0 saturated carbocycles. The van der Waals surface area contributed by atoms with E-state index in [-0.39, 0.29) is 11.8 Å². The molecule has 1 heterocycles. The van der Waals surface area contributed by atoms with E-state index in [9.17, 15) is 9.36 Å². The number of hydrogen-bond acceptors (Lipinski definition) is 2. The molecule has 3 nitrogen and oxygen atoms in total. The predicted molar refractivity (Wildman–Crippen MR) is 50.2 cm³/mol. The Hall–Kier alpha value is -0.300. The second-order valence-electron chi connectivity index (χ2n) is 3.52. The van der Waals surface area contributed by atoms with Crippen LogP contribution in [0.25, 0.3) is 0 Å². The Labute approximate surface area is 73.9 Å². The highest BCUT2D eigenvalue weighted by molar-refractivity contribution is 7.44. The summed E-state index contributed by atoms with van der Waals surface area (Å²) in [5.74, 6) is 0.273. The Kier molecular flexibility index (Phi) is 3.33. The molecule has 1 saturated heterocycles. The van der Waals surface area contributed by atoms with Crippen molar-refractivity contribution < 1.29 is 9.36 Å². The summed E-state index contributed by atoms with van der Waals surface area (Å²) in [4.78, 5) is 13.3. The van der Waals surface area contributed by atoms with E-state index in [4.69, 9.17) is 0 Å². The van der Waals surface area contributed by atoms with Crippen LogP contribution in [0.2, 0.25) is 0 Å². The molecule has 1 amide bonds. The van der Waals surface area contributed by atoms with E-state index in [0.717, 1.165) is 12.3 Å². The monoisotopic (exact) mass is 189 g/mol. The van der Waals surface area contributed by atoms with Crippen molar-refractivity contribution in [1.29, 1.82) is 0 Å². The molecule has 0 spiro atoms. The maximum Gasteiger partial charge on any atom is 0.225 e. The molecular weight excluding hydrogens is 173 g/mol. The topological polar surface area (TPSA) is 37.4 Å². The normalized spacial score (nSPS) is 20.1. The summed E-state index contributed by atoms with van der Waals surface area (Å²) >= 11 is 0. The van der Waals surface area contributed by atoms with Crippen LogP contribution in [0.1, 0.15) is 13.8 Å². The second kappa shape index (κ2) is 4.08. The quantitative estimate of drug-likeness (QED) is 0.578. The third kappa shape index (κ3) is 2.34. The van der Waals surface area contributed by atoms with Gasteiger partial charge in [-0.15, -0.1) is 0 Å². The van der Waals surface area contributed by atoms with Gasteiger partial charge in [0.15, 0.2) is 0 Å². The van der Waals surface area contributed by atoms with Crippen molar-refractivity contribution in [3.8, 4) is 0 Å². The van der Waals surface area contributed by atoms with Gasteiger partial charge in [0, 0.05) is 31.3 Å². The molecule has 0 atom stereocenters. The highest BCUT2D eigenvalue weighted by Gasteiger charge is 2.21. The Bertz CT molecular complexity index is 193. The first-order valence-electron chi connectivity index (χ1n) is 4.41. The van der Waals surface area contributed by atoms with Crippen LogP contribution in [0.3, 0.4) is 0 Å². The summed E-state index contributed by atoms with van der Waals surface area (Å²) in [5.41, 5.74) is 0. The van der Waals surface area contributed by atoms with E-state index in [1.807, 2.05) is 18.7 Å². The standard InChI is InChI=1S/C8H16NO2P/c1-7(2)8(10)9-3-5-12(11)6-4-9/h7,12H,3-6H2,1-2H3. The first-order chi connectivity index (χ1) is 5.61. The molecule has 0 N–H and O–H groups in total. The lowest BCUT2D eigenvalue weighted by atomic mass is 10.2. The summed E-state index contributed by atoms with van der Waals surface area (Å²) in [7, 11) is -1.33. The van der Waals surface area contributed by atoms with Gasteiger partial charge in [0.2, 0.25) is 5.91 Å². The van der Waals surface area contributed by atoms with Crippen molar-refractivity contribution in [1.82, 2.24) is 4.90 Å². The molecule has 0 aromatic rings. The van der Waals surface area contributed by atoms with Crippen LogP contribution in [-0.2, 0) is 9.36 Å². The molecule has 0 bridgehead atoms. The smallest absolute Gasteiger partial charge is 0.225 e. The molecule has 1 aliphatic heterocycles. The molecule has 1 aliphatic rings. The fourth-order valence-corrected chi connectivity index (χ4v) is 2.63. The van der Waals surface area contributed by atoms with Gasteiger partial charge in [0.05, 0.1) is 7.80 Å². The van der Waals surface area contributed by atoms with Crippen molar-refractivity contribution in [2.75, 3.05) is 25.4 Å². The summed E-state index contributed by atoms with van der Waals surface area (Å²) in [6, 6.07) is 0. The summed E-state index contributed by atoms with van der Waals surface area (Å²) in [5, 5.41) is 0. The van der Waals surface area contributed by atoms with Crippen molar-refractivity contribution >= 4 is 13.7 Å². The van der Waals surface area contributed by atoms with Crippen LogP contribution in [0, 0.1) is 5.92 Å². The van der Waals surface area contributed by atoms with E-state index >= 15 is 0 Å². The van der Waals surface area contributed by atoms with E-state index in [0.29, 0.717) is 13.1 Å². The van der Waals surface area contributed by atoms with Gasteiger partial charge in [-0.2, -0.15) is 0 Å². The van der Waals surface area contributed by atoms with E-state index in [2.05, 4.69) is 0 Å². The molecule has 0 radical (unpaired) electrons. The molecule has 4 heteroatoms. The number of nitrogens with zero attached hydrogens (tertiary/aromatic N) is 1. The van der Waals surface area contributed by atoms with Crippen molar-refractivity contribution in [3.63, 3.8) is 0 Å². The fraction of sp³-hybridized carbons (Fsp3) is 0.875. The number of carbonyl (C=O) groups excluding carboxylic acids is 1. The highest BCUT2D eigenvalue weighted by atomic mass is 31.1. The first kappa shape index (κ1) is 9.79. The molecular formula is C8H16NO2P. The summed E-state index contributed by atoms with van der Waals surface area (Å²) in [6.07, 6.45) is 1.45. The lowest BCUT2D eigenvalue weighted by Gasteiger charge is -2.27. The van der Waals surface area contributed by atoms with E-state index in [1.165, 1.54) is 0 Å². The van der Waals surface area contributed by atoms with Gasteiger partial charge < -0.3 is 9.46 Å². The zero-order valence-corrected chi connectivity index (χ0v) is 8.67. The SMILES string of the molecule is CC(C)C(=O)N1CC[PH](=O)CC1. The first-order valence-corrected chi connectivity index (χ1v) is 6.24. The Morgan fingerprint density at radius 1 is 1.33 bits per heavy atom. The molecule has 1 rings (SSSR count). The number of hydrogen-bond donors (Lipinski definition) is 0. The number of carbonyl (C=O) groups is 1. The zero-order valence-electron chi connectivity index (χ0n) is 7.67. The van der Waals surface area contributed by atoms with Crippen LogP contribution in [-0.4, -0.2) is 36.2 Å². The molecule has 0 aromatic carbocycles. The predicted octanol–water partition coefficient (Wildman–Crippen LogP) is 1.04. The Balaban J connectivity index is 2.44. The maximum atomic E-state index is 11.4. The zero-order chi connectivity index (χ0) is 9.14. The number of amides is 1. The van der Waals surface area contributed by atoms with Crippen LogP contribution < -0.4 is 0 Å². The summed E-state index contributed by atoms with van der Waals surface area (Å²) < 4.78 is 11.0. The second-order valence-corrected chi connectivity index (χ2v) is 5.60. The lowest BCUT2D eigenvalue weighted by Crippen LogP contribution is -2.40. The minimum Gasteiger partial charge on any atom is -0.342 e. The average Bonchev–Trinajstić information content (AvgIpc) is 2.04. The molecule has 1 fully saturated rings. The van der Waals surface area contributed by atoms with Crippen molar-refractivity contribution in [2.45, 2.75) is 13.8 Å². The Morgan fingerprint density at radius 2 is 1.83 bits per heavy atom. The van der Waals surface area contributed by atoms with Crippen LogP contribution in [0.5, 0.6) is 0 Å². The fourth-order valence-electron chi connectivity index (χ4n) is 1.34. The van der Waals surface area contributed by atoms with Crippen molar-refractivity contribution in [3.05, 3.63) is 0 Å². The minimum atomic E-state index is -1.33. The van der Waals surface area contributed by atoms with E-state index in [1.54, 1.807) is 0 Å².